The molecule has 0 aromatic carbocycles. The van der Waals surface area contributed by atoms with E-state index in [1.54, 1.807) is 6.08 Å². The average Bonchev–Trinajstić information content (AvgIpc) is 3.44. The minimum atomic E-state index is -1.62. The number of esters is 1. The van der Waals surface area contributed by atoms with Gasteiger partial charge in [0.2, 0.25) is 5.91 Å². The predicted octanol–water partition coefficient (Wildman–Crippen LogP) is 15.8. The first kappa shape index (κ1) is 73.4. The third-order valence-electron chi connectivity index (χ3n) is 15.1. The summed E-state index contributed by atoms with van der Waals surface area (Å²) in [6.45, 7) is 5.76. The van der Waals surface area contributed by atoms with Crippen LogP contribution in [-0.4, -0.2) is 99.6 Å². The lowest BCUT2D eigenvalue weighted by Gasteiger charge is -2.41. The van der Waals surface area contributed by atoms with Crippen molar-refractivity contribution < 1.29 is 49.3 Å². The quantitative estimate of drug-likeness (QED) is 0.0195. The maximum absolute atomic E-state index is 13.4. The number of carbonyl (C=O) groups is 2. The number of unbranched alkanes of at least 4 members (excludes halogenated alkanes) is 33. The normalized spacial score (nSPS) is 19.3. The molecule has 454 valence electrons. The fraction of sp³-hybridized carbons (Fsp3) is 0.821. The van der Waals surface area contributed by atoms with E-state index < -0.39 is 67.4 Å². The van der Waals surface area contributed by atoms with Gasteiger partial charge in [0.25, 0.3) is 0 Å². The van der Waals surface area contributed by atoms with Crippen molar-refractivity contribution in [2.24, 2.45) is 0 Å². The molecule has 6 N–H and O–H groups in total. The molecule has 1 heterocycles. The van der Waals surface area contributed by atoms with E-state index in [2.05, 4.69) is 74.7 Å². The number of nitrogens with one attached hydrogen (secondary N) is 1. The SMILES string of the molecule is CCCCC/C=C\C/C=C\C/C=C\CCCCCCCCCCCCC(=O)OC1C(OCC(NC(=O)C(O)CCCC/C=C\CCCCCCCCC)C(O)/C=C/CCCCCCCCCCCCC)OC(CO)C(O)C1O. The number of aliphatic hydroxyl groups excluding tert-OH is 5. The van der Waals surface area contributed by atoms with Crippen molar-refractivity contribution in [2.75, 3.05) is 13.2 Å². The lowest BCUT2D eigenvalue weighted by atomic mass is 9.99. The van der Waals surface area contributed by atoms with Gasteiger partial charge in [-0.1, -0.05) is 255 Å². The molecule has 0 aliphatic carbocycles. The molecule has 1 aliphatic heterocycles. The molecular weight excluding hydrogens is 979 g/mol. The van der Waals surface area contributed by atoms with Crippen molar-refractivity contribution in [1.82, 2.24) is 5.32 Å². The Morgan fingerprint density at radius 2 is 0.885 bits per heavy atom. The maximum atomic E-state index is 13.4. The number of carbonyl (C=O) groups excluding carboxylic acids is 2. The summed E-state index contributed by atoms with van der Waals surface area (Å²) in [7, 11) is 0. The summed E-state index contributed by atoms with van der Waals surface area (Å²) in [5.74, 6) is -1.21. The second kappa shape index (κ2) is 54.9. The maximum Gasteiger partial charge on any atom is 0.306 e. The van der Waals surface area contributed by atoms with Gasteiger partial charge < -0.3 is 45.1 Å². The molecule has 8 atom stereocenters. The number of amides is 1. The van der Waals surface area contributed by atoms with Crippen LogP contribution in [0.25, 0.3) is 0 Å². The van der Waals surface area contributed by atoms with Crippen molar-refractivity contribution in [1.29, 1.82) is 0 Å². The highest BCUT2D eigenvalue weighted by Crippen LogP contribution is 2.26. The minimum Gasteiger partial charge on any atom is -0.454 e. The van der Waals surface area contributed by atoms with Crippen LogP contribution in [0.15, 0.2) is 60.8 Å². The highest BCUT2D eigenvalue weighted by molar-refractivity contribution is 5.80. The lowest BCUT2D eigenvalue weighted by Crippen LogP contribution is -2.61. The molecule has 0 aromatic rings. The van der Waals surface area contributed by atoms with E-state index in [1.165, 1.54) is 167 Å². The summed E-state index contributed by atoms with van der Waals surface area (Å²) in [6.07, 6.45) is 58.3. The first-order chi connectivity index (χ1) is 38.2. The van der Waals surface area contributed by atoms with Gasteiger partial charge in [0.15, 0.2) is 12.4 Å². The molecule has 1 aliphatic rings. The van der Waals surface area contributed by atoms with Crippen molar-refractivity contribution in [3.8, 4) is 0 Å². The molecule has 0 spiro atoms. The van der Waals surface area contributed by atoms with Crippen LogP contribution < -0.4 is 5.32 Å². The van der Waals surface area contributed by atoms with E-state index in [0.717, 1.165) is 77.0 Å². The molecule has 1 fully saturated rings. The van der Waals surface area contributed by atoms with E-state index in [9.17, 15) is 35.1 Å². The number of allylic oxidation sites excluding steroid dienone is 9. The van der Waals surface area contributed by atoms with Crippen LogP contribution in [-0.2, 0) is 23.8 Å². The third kappa shape index (κ3) is 42.2. The lowest BCUT2D eigenvalue weighted by molar-refractivity contribution is -0.305. The van der Waals surface area contributed by atoms with E-state index >= 15 is 0 Å². The Bertz CT molecular complexity index is 1500. The van der Waals surface area contributed by atoms with E-state index in [4.69, 9.17) is 14.2 Å². The molecule has 11 heteroatoms. The molecule has 1 saturated heterocycles. The zero-order chi connectivity index (χ0) is 56.8. The van der Waals surface area contributed by atoms with Gasteiger partial charge in [-0.3, -0.25) is 9.59 Å². The topological polar surface area (TPSA) is 175 Å². The molecule has 0 saturated carbocycles. The van der Waals surface area contributed by atoms with E-state index in [0.29, 0.717) is 12.8 Å². The first-order valence-electron chi connectivity index (χ1n) is 32.6. The molecule has 1 amide bonds. The van der Waals surface area contributed by atoms with Crippen molar-refractivity contribution in [2.45, 2.75) is 339 Å². The Balaban J connectivity index is 2.63. The summed E-state index contributed by atoms with van der Waals surface area (Å²) < 4.78 is 17.6. The fourth-order valence-electron chi connectivity index (χ4n) is 9.95. The van der Waals surface area contributed by atoms with Gasteiger partial charge in [0.1, 0.15) is 24.4 Å². The Morgan fingerprint density at radius 3 is 1.36 bits per heavy atom. The van der Waals surface area contributed by atoms with Crippen LogP contribution in [0.1, 0.15) is 290 Å². The second-order valence-electron chi connectivity index (χ2n) is 22.5. The van der Waals surface area contributed by atoms with E-state index in [1.807, 2.05) is 6.08 Å². The average molecular weight is 1100 g/mol. The molecule has 78 heavy (non-hydrogen) atoms. The van der Waals surface area contributed by atoms with Gasteiger partial charge in [0, 0.05) is 6.42 Å². The Morgan fingerprint density at radius 1 is 0.500 bits per heavy atom. The van der Waals surface area contributed by atoms with Gasteiger partial charge in [-0.05, 0) is 89.9 Å². The van der Waals surface area contributed by atoms with Crippen LogP contribution in [0, 0.1) is 0 Å². The Labute approximate surface area is 478 Å². The predicted molar refractivity (Wildman–Crippen MR) is 324 cm³/mol. The van der Waals surface area contributed by atoms with Crippen molar-refractivity contribution >= 4 is 11.9 Å². The number of ether oxygens (including phenoxy) is 3. The van der Waals surface area contributed by atoms with Gasteiger partial charge in [-0.2, -0.15) is 0 Å². The van der Waals surface area contributed by atoms with E-state index in [-0.39, 0.29) is 19.4 Å². The number of hydrogen-bond donors (Lipinski definition) is 6. The monoisotopic (exact) mass is 1100 g/mol. The molecule has 8 unspecified atom stereocenters. The molecule has 0 bridgehead atoms. The third-order valence-corrected chi connectivity index (χ3v) is 15.1. The molecule has 11 nitrogen and oxygen atoms in total. The highest BCUT2D eigenvalue weighted by atomic mass is 16.7. The van der Waals surface area contributed by atoms with Crippen LogP contribution in [0.3, 0.4) is 0 Å². The first-order valence-corrected chi connectivity index (χ1v) is 32.6. The fourth-order valence-corrected chi connectivity index (χ4v) is 9.95. The summed E-state index contributed by atoms with van der Waals surface area (Å²) in [4.78, 5) is 26.6. The standard InChI is InChI=1S/C67H121NO10/c1-4-7-10-13-16-19-22-25-26-27-28-29-30-31-32-33-34-37-40-43-46-49-52-55-62(72)78-65-64(74)63(73)61(56-69)77-67(65)76-57-58(59(70)53-50-47-44-41-38-35-23-20-17-14-11-8-5-2)68-66(75)60(71)54-51-48-45-42-39-36-24-21-18-15-12-9-6-3/h16,19,25-26,28-29,39,42,50,53,58-61,63-65,67,69-71,73-74H,4-15,17-18,20-24,27,30-38,40-41,43-49,51-52,54-57H2,1-3H3,(H,68,75)/b19-16-,26-25-,29-28-,42-39-,53-50+. The minimum absolute atomic E-state index is 0.117. The van der Waals surface area contributed by atoms with Gasteiger partial charge in [-0.25, -0.2) is 0 Å². The molecule has 1 rings (SSSR count). The highest BCUT2D eigenvalue weighted by Gasteiger charge is 2.47. The smallest absolute Gasteiger partial charge is 0.306 e. The summed E-state index contributed by atoms with van der Waals surface area (Å²) in [6, 6.07) is -1.03. The van der Waals surface area contributed by atoms with Crippen molar-refractivity contribution in [3.63, 3.8) is 0 Å². The Kier molecular flexibility index (Phi) is 51.7. The number of aliphatic hydroxyl groups is 5. The van der Waals surface area contributed by atoms with Crippen LogP contribution in [0.5, 0.6) is 0 Å². The van der Waals surface area contributed by atoms with Gasteiger partial charge >= 0.3 is 5.97 Å². The van der Waals surface area contributed by atoms with Crippen molar-refractivity contribution in [3.05, 3.63) is 60.8 Å². The number of hydrogen-bond acceptors (Lipinski definition) is 10. The molecule has 0 radical (unpaired) electrons. The molecule has 0 aromatic heterocycles. The summed E-state index contributed by atoms with van der Waals surface area (Å²) >= 11 is 0. The zero-order valence-electron chi connectivity index (χ0n) is 50.3. The van der Waals surface area contributed by atoms with Crippen LogP contribution >= 0.6 is 0 Å². The Hall–Kier alpha value is -2.64. The van der Waals surface area contributed by atoms with Crippen LogP contribution in [0.4, 0.5) is 0 Å². The zero-order valence-corrected chi connectivity index (χ0v) is 50.3. The number of rotatable bonds is 55. The summed E-state index contributed by atoms with van der Waals surface area (Å²) in [5, 5.41) is 57.0. The van der Waals surface area contributed by atoms with Gasteiger partial charge in [-0.15, -0.1) is 0 Å². The second-order valence-corrected chi connectivity index (χ2v) is 22.5. The van der Waals surface area contributed by atoms with Gasteiger partial charge in [0.05, 0.1) is 25.4 Å². The summed E-state index contributed by atoms with van der Waals surface area (Å²) in [5.41, 5.74) is 0. The largest absolute Gasteiger partial charge is 0.454 e. The molecular formula is C67H121NO10. The van der Waals surface area contributed by atoms with Crippen LogP contribution in [0.2, 0.25) is 0 Å².